The Labute approximate surface area is 228 Å². The van der Waals surface area contributed by atoms with E-state index in [1.54, 1.807) is 36.5 Å². The molecule has 5 heteroatoms. The molecule has 0 amide bonds. The van der Waals surface area contributed by atoms with Crippen molar-refractivity contribution in [1.29, 1.82) is 0 Å². The van der Waals surface area contributed by atoms with E-state index in [2.05, 4.69) is 36.4 Å². The maximum atomic E-state index is 13.4. The summed E-state index contributed by atoms with van der Waals surface area (Å²) in [5, 5.41) is 3.10. The van der Waals surface area contributed by atoms with Crippen molar-refractivity contribution in [2.24, 2.45) is 5.41 Å². The topological polar surface area (TPSA) is 26.0 Å². The predicted octanol–water partition coefficient (Wildman–Crippen LogP) is 10.5. The van der Waals surface area contributed by atoms with Crippen LogP contribution in [0.15, 0.2) is 83.4 Å². The first kappa shape index (κ1) is 24.4. The molecule has 5 aromatic rings. The first-order valence-corrected chi connectivity index (χ1v) is 13.7. The molecule has 0 spiro atoms. The summed E-state index contributed by atoms with van der Waals surface area (Å²) in [5.41, 5.74) is 2.98. The fourth-order valence-electron chi connectivity index (χ4n) is 5.85. The van der Waals surface area contributed by atoms with Gasteiger partial charge in [-0.3, -0.25) is 4.98 Å². The summed E-state index contributed by atoms with van der Waals surface area (Å²) in [4.78, 5) is 4.71. The Morgan fingerprint density at radius 2 is 1.64 bits per heavy atom. The number of fused-ring (bicyclic) bond motifs is 2. The van der Waals surface area contributed by atoms with Crippen molar-refractivity contribution in [2.45, 2.75) is 64.5 Å². The lowest BCUT2D eigenvalue weighted by Gasteiger charge is -2.27. The minimum absolute atomic E-state index is 0.121. The Morgan fingerprint density at radius 1 is 0.897 bits per heavy atom. The average Bonchev–Trinajstić information content (AvgIpc) is 3.29. The van der Waals surface area contributed by atoms with Gasteiger partial charge in [0.2, 0.25) is 0 Å². The second-order valence-electron chi connectivity index (χ2n) is 11.5. The molecule has 3 aromatic carbocycles. The van der Waals surface area contributed by atoms with Gasteiger partial charge in [0.15, 0.2) is 5.58 Å². The van der Waals surface area contributed by atoms with E-state index in [4.69, 9.17) is 10.8 Å². The van der Waals surface area contributed by atoms with E-state index in [9.17, 15) is 13.2 Å². The third kappa shape index (κ3) is 4.95. The second kappa shape index (κ2) is 9.86. The standard InChI is InChI=1S/C34H32F3NO/c1-33(2,34(35,36)37)21-22-12-14-24(15-13-22)30-20-26-16-17-38-31(32(26)39-30)27-18-25-10-6-7-11-28(25)29(19-27)23-8-4-3-5-9-23/h6-7,10-20,23H,3-5,8-9,21H2,1-2H3/i20D. The molecular weight excluding hydrogens is 495 g/mol. The van der Waals surface area contributed by atoms with Crippen LogP contribution in [-0.4, -0.2) is 11.2 Å². The molecule has 0 unspecified atom stereocenters. The predicted molar refractivity (Wildman–Crippen MR) is 152 cm³/mol. The molecule has 2 nitrogen and oxygen atoms in total. The van der Waals surface area contributed by atoms with Gasteiger partial charge in [0.1, 0.15) is 11.5 Å². The van der Waals surface area contributed by atoms with E-state index in [1.165, 1.54) is 56.9 Å². The van der Waals surface area contributed by atoms with Crippen LogP contribution >= 0.6 is 0 Å². The van der Waals surface area contributed by atoms with Crippen LogP contribution in [-0.2, 0) is 6.42 Å². The summed E-state index contributed by atoms with van der Waals surface area (Å²) in [6.45, 7) is 2.42. The summed E-state index contributed by atoms with van der Waals surface area (Å²) >= 11 is 0. The third-order valence-electron chi connectivity index (χ3n) is 8.20. The van der Waals surface area contributed by atoms with Crippen molar-refractivity contribution in [1.82, 2.24) is 4.98 Å². The number of alkyl halides is 3. The second-order valence-corrected chi connectivity index (χ2v) is 11.5. The van der Waals surface area contributed by atoms with E-state index in [0.717, 1.165) is 10.9 Å². The molecule has 200 valence electrons. The van der Waals surface area contributed by atoms with Gasteiger partial charge >= 0.3 is 6.18 Å². The van der Waals surface area contributed by atoms with Crippen molar-refractivity contribution in [3.8, 4) is 22.6 Å². The number of hydrogen-bond acceptors (Lipinski definition) is 2. The first-order valence-electron chi connectivity index (χ1n) is 14.2. The van der Waals surface area contributed by atoms with Crippen LogP contribution < -0.4 is 0 Å². The van der Waals surface area contributed by atoms with Gasteiger partial charge in [-0.05, 0) is 71.3 Å². The largest absolute Gasteiger partial charge is 0.454 e. The van der Waals surface area contributed by atoms with Crippen molar-refractivity contribution < 1.29 is 19.0 Å². The van der Waals surface area contributed by atoms with Crippen molar-refractivity contribution in [3.05, 3.63) is 90.1 Å². The highest BCUT2D eigenvalue weighted by Gasteiger charge is 2.46. The molecule has 0 atom stereocenters. The van der Waals surface area contributed by atoms with Crippen LogP contribution in [0.1, 0.15) is 64.4 Å². The summed E-state index contributed by atoms with van der Waals surface area (Å²) < 4.78 is 55.3. The molecule has 6 rings (SSSR count). The number of halogens is 3. The van der Waals surface area contributed by atoms with E-state index in [-0.39, 0.29) is 12.5 Å². The van der Waals surface area contributed by atoms with Crippen LogP contribution in [0.3, 0.4) is 0 Å². The molecule has 39 heavy (non-hydrogen) atoms. The molecule has 0 radical (unpaired) electrons. The van der Waals surface area contributed by atoms with Crippen LogP contribution in [0.5, 0.6) is 0 Å². The summed E-state index contributed by atoms with van der Waals surface area (Å²) in [6.07, 6.45) is 3.45. The van der Waals surface area contributed by atoms with Crippen LogP contribution in [0.25, 0.3) is 44.3 Å². The molecule has 1 saturated carbocycles. The number of hydrogen-bond donors (Lipinski definition) is 0. The Bertz CT molecular complexity index is 1680. The molecule has 1 aliphatic rings. The van der Waals surface area contributed by atoms with Gasteiger partial charge in [-0.25, -0.2) is 0 Å². The lowest BCUT2D eigenvalue weighted by atomic mass is 9.81. The average molecular weight is 529 g/mol. The van der Waals surface area contributed by atoms with E-state index < -0.39 is 11.6 Å². The van der Waals surface area contributed by atoms with E-state index in [0.29, 0.717) is 39.5 Å². The molecule has 1 aliphatic carbocycles. The summed E-state index contributed by atoms with van der Waals surface area (Å²) in [5.74, 6) is 0.900. The third-order valence-corrected chi connectivity index (χ3v) is 8.20. The fourth-order valence-corrected chi connectivity index (χ4v) is 5.85. The van der Waals surface area contributed by atoms with Crippen LogP contribution in [0.2, 0.25) is 0 Å². The molecule has 0 saturated heterocycles. The zero-order valence-electron chi connectivity index (χ0n) is 23.2. The van der Waals surface area contributed by atoms with Gasteiger partial charge < -0.3 is 4.42 Å². The van der Waals surface area contributed by atoms with Gasteiger partial charge in [-0.15, -0.1) is 0 Å². The molecule has 2 heterocycles. The maximum absolute atomic E-state index is 13.4. The lowest BCUT2D eigenvalue weighted by Crippen LogP contribution is -2.34. The molecule has 0 bridgehead atoms. The highest BCUT2D eigenvalue weighted by Crippen LogP contribution is 2.42. The highest BCUT2D eigenvalue weighted by molar-refractivity contribution is 5.97. The zero-order chi connectivity index (χ0) is 28.1. The molecular formula is C34H32F3NO. The van der Waals surface area contributed by atoms with Crippen LogP contribution in [0.4, 0.5) is 13.2 Å². The van der Waals surface area contributed by atoms with Crippen molar-refractivity contribution in [2.75, 3.05) is 0 Å². The van der Waals surface area contributed by atoms with Gasteiger partial charge in [0, 0.05) is 22.7 Å². The normalized spacial score (nSPS) is 15.7. The summed E-state index contributed by atoms with van der Waals surface area (Å²) in [7, 11) is 0. The Balaban J connectivity index is 1.41. The molecule has 1 fully saturated rings. The van der Waals surface area contributed by atoms with E-state index >= 15 is 0 Å². The van der Waals surface area contributed by atoms with Crippen molar-refractivity contribution in [3.63, 3.8) is 0 Å². The van der Waals surface area contributed by atoms with Gasteiger partial charge in [-0.2, -0.15) is 13.2 Å². The Morgan fingerprint density at radius 3 is 2.38 bits per heavy atom. The number of aromatic nitrogens is 1. The summed E-state index contributed by atoms with van der Waals surface area (Å²) in [6, 6.07) is 21.8. The van der Waals surface area contributed by atoms with Gasteiger partial charge in [0.05, 0.1) is 6.79 Å². The number of pyridine rings is 1. The maximum Gasteiger partial charge on any atom is 0.394 e. The minimum Gasteiger partial charge on any atom is -0.454 e. The quantitative estimate of drug-likeness (QED) is 0.227. The Kier molecular flexibility index (Phi) is 6.18. The highest BCUT2D eigenvalue weighted by atomic mass is 19.4. The number of nitrogens with zero attached hydrogens (tertiary/aromatic N) is 1. The zero-order valence-corrected chi connectivity index (χ0v) is 22.2. The van der Waals surface area contributed by atoms with Crippen LogP contribution in [0, 0.1) is 5.41 Å². The molecule has 0 N–H and O–H groups in total. The first-order chi connectivity index (χ1) is 19.1. The minimum atomic E-state index is -4.29. The van der Waals surface area contributed by atoms with E-state index in [1.807, 2.05) is 0 Å². The van der Waals surface area contributed by atoms with Gasteiger partial charge in [0.25, 0.3) is 0 Å². The number of furan rings is 1. The fraction of sp³-hybridized carbons (Fsp3) is 0.324. The number of rotatable bonds is 5. The number of benzene rings is 3. The smallest absolute Gasteiger partial charge is 0.394 e. The lowest BCUT2D eigenvalue weighted by molar-refractivity contribution is -0.211. The van der Waals surface area contributed by atoms with Crippen molar-refractivity contribution >= 4 is 21.7 Å². The monoisotopic (exact) mass is 528 g/mol. The SMILES string of the molecule is [2H]c1c(-c2ccc(CC(C)(C)C(F)(F)F)cc2)oc2c(-c3cc(C4CCCCC4)c4ccccc4c3)nccc12. The molecule has 0 aliphatic heterocycles. The van der Waals surface area contributed by atoms with Gasteiger partial charge in [-0.1, -0.05) is 81.6 Å². The molecule has 2 aromatic heterocycles. The Hall–Kier alpha value is -3.60.